The Morgan fingerprint density at radius 2 is 1.74 bits per heavy atom. The fraction of sp³-hybridized carbons (Fsp3) is 0.0625. The highest BCUT2D eigenvalue weighted by Crippen LogP contribution is 2.26. The van der Waals surface area contributed by atoms with Crippen molar-refractivity contribution in [1.29, 1.82) is 0 Å². The van der Waals surface area contributed by atoms with Crippen molar-refractivity contribution >= 4 is 33.5 Å². The lowest BCUT2D eigenvalue weighted by Gasteiger charge is -2.15. The number of nitrogens with zero attached hydrogens (tertiary/aromatic N) is 1. The van der Waals surface area contributed by atoms with Crippen LogP contribution in [0.5, 0.6) is 0 Å². The highest BCUT2D eigenvalue weighted by molar-refractivity contribution is 14.1. The lowest BCUT2D eigenvalue weighted by Crippen LogP contribution is -2.12. The molecule has 1 unspecified atom stereocenters. The van der Waals surface area contributed by atoms with Crippen molar-refractivity contribution < 1.29 is 0 Å². The molecule has 1 atom stereocenters. The average molecular weight is 360 g/mol. The molecular formula is C16H13IN2. The summed E-state index contributed by atoms with van der Waals surface area (Å²) < 4.78 is 1.22. The normalized spacial score (nSPS) is 12.5. The number of aromatic nitrogens is 1. The van der Waals surface area contributed by atoms with Gasteiger partial charge >= 0.3 is 0 Å². The molecule has 1 heterocycles. The summed E-state index contributed by atoms with van der Waals surface area (Å²) in [7, 11) is 0. The Morgan fingerprint density at radius 1 is 0.947 bits per heavy atom. The van der Waals surface area contributed by atoms with E-state index < -0.39 is 0 Å². The van der Waals surface area contributed by atoms with Gasteiger partial charge < -0.3 is 5.73 Å². The largest absolute Gasteiger partial charge is 0.320 e. The lowest BCUT2D eigenvalue weighted by atomic mass is 9.96. The smallest absolute Gasteiger partial charge is 0.0705 e. The van der Waals surface area contributed by atoms with E-state index in [-0.39, 0.29) is 6.04 Å². The minimum Gasteiger partial charge on any atom is -0.320 e. The van der Waals surface area contributed by atoms with E-state index in [1.807, 2.05) is 24.4 Å². The average Bonchev–Trinajstić information content (AvgIpc) is 2.47. The number of rotatable bonds is 2. The van der Waals surface area contributed by atoms with Crippen LogP contribution in [-0.4, -0.2) is 4.98 Å². The Morgan fingerprint density at radius 3 is 2.53 bits per heavy atom. The zero-order valence-electron chi connectivity index (χ0n) is 10.3. The molecule has 0 amide bonds. The first kappa shape index (κ1) is 12.6. The second-order valence-corrected chi connectivity index (χ2v) is 5.69. The van der Waals surface area contributed by atoms with E-state index >= 15 is 0 Å². The van der Waals surface area contributed by atoms with Crippen LogP contribution in [0.4, 0.5) is 0 Å². The van der Waals surface area contributed by atoms with Gasteiger partial charge in [0.05, 0.1) is 11.6 Å². The molecule has 0 spiro atoms. The first-order valence-corrected chi connectivity index (χ1v) is 7.18. The Hall–Kier alpha value is -1.46. The molecule has 0 aliphatic rings. The summed E-state index contributed by atoms with van der Waals surface area (Å²) in [6, 6.07) is 18.3. The van der Waals surface area contributed by atoms with Crippen LogP contribution in [0.2, 0.25) is 0 Å². The maximum Gasteiger partial charge on any atom is 0.0705 e. The Bertz CT molecular complexity index is 702. The zero-order chi connectivity index (χ0) is 13.2. The van der Waals surface area contributed by atoms with Crippen LogP contribution >= 0.6 is 22.6 Å². The monoisotopic (exact) mass is 360 g/mol. The standard InChI is InChI=1S/C16H13IN2/c17-12-8-6-11(7-9-12)16(18)14-3-1-5-15-13(14)4-2-10-19-15/h1-10,16H,18H2. The van der Waals surface area contributed by atoms with Gasteiger partial charge in [0.25, 0.3) is 0 Å². The van der Waals surface area contributed by atoms with Crippen LogP contribution in [0, 0.1) is 3.57 Å². The van der Waals surface area contributed by atoms with Gasteiger partial charge in [0, 0.05) is 15.2 Å². The van der Waals surface area contributed by atoms with E-state index in [1.165, 1.54) is 3.57 Å². The minimum atomic E-state index is -0.120. The summed E-state index contributed by atoms with van der Waals surface area (Å²) in [6.45, 7) is 0. The third-order valence-electron chi connectivity index (χ3n) is 3.24. The van der Waals surface area contributed by atoms with Crippen molar-refractivity contribution in [2.45, 2.75) is 6.04 Å². The first-order chi connectivity index (χ1) is 9.25. The van der Waals surface area contributed by atoms with Gasteiger partial charge in [0.2, 0.25) is 0 Å². The molecule has 3 rings (SSSR count). The van der Waals surface area contributed by atoms with Crippen molar-refractivity contribution in [1.82, 2.24) is 4.98 Å². The third-order valence-corrected chi connectivity index (χ3v) is 3.96. The second kappa shape index (κ2) is 5.27. The lowest BCUT2D eigenvalue weighted by molar-refractivity contribution is 0.880. The van der Waals surface area contributed by atoms with Gasteiger partial charge in [-0.25, -0.2) is 0 Å². The van der Waals surface area contributed by atoms with Crippen molar-refractivity contribution in [3.05, 3.63) is 75.5 Å². The number of pyridine rings is 1. The number of hydrogen-bond acceptors (Lipinski definition) is 2. The molecule has 0 aliphatic carbocycles. The maximum absolute atomic E-state index is 6.40. The fourth-order valence-corrected chi connectivity index (χ4v) is 2.61. The summed E-state index contributed by atoms with van der Waals surface area (Å²) in [4.78, 5) is 4.38. The van der Waals surface area contributed by atoms with Gasteiger partial charge in [-0.1, -0.05) is 30.3 Å². The van der Waals surface area contributed by atoms with Gasteiger partial charge in [0.1, 0.15) is 0 Å². The summed E-state index contributed by atoms with van der Waals surface area (Å²) >= 11 is 2.30. The molecule has 1 aromatic heterocycles. The highest BCUT2D eigenvalue weighted by atomic mass is 127. The third kappa shape index (κ3) is 2.48. The molecule has 2 N–H and O–H groups in total. The highest BCUT2D eigenvalue weighted by Gasteiger charge is 2.12. The van der Waals surface area contributed by atoms with E-state index in [0.717, 1.165) is 22.0 Å². The summed E-state index contributed by atoms with van der Waals surface area (Å²) in [6.07, 6.45) is 1.81. The topological polar surface area (TPSA) is 38.9 Å². The van der Waals surface area contributed by atoms with Gasteiger partial charge in [0.15, 0.2) is 0 Å². The van der Waals surface area contributed by atoms with Crippen LogP contribution in [0.1, 0.15) is 17.2 Å². The van der Waals surface area contributed by atoms with Crippen LogP contribution in [0.25, 0.3) is 10.9 Å². The Kier molecular flexibility index (Phi) is 3.48. The molecule has 2 nitrogen and oxygen atoms in total. The molecule has 3 aromatic rings. The van der Waals surface area contributed by atoms with Gasteiger partial charge in [-0.15, -0.1) is 0 Å². The van der Waals surface area contributed by atoms with Crippen LogP contribution in [0.15, 0.2) is 60.8 Å². The van der Waals surface area contributed by atoms with Gasteiger partial charge in [-0.05, 0) is 58.0 Å². The molecule has 0 radical (unpaired) electrons. The van der Waals surface area contributed by atoms with Crippen molar-refractivity contribution in [2.24, 2.45) is 5.73 Å². The van der Waals surface area contributed by atoms with E-state index in [2.05, 4.69) is 64.0 Å². The molecule has 0 bridgehead atoms. The number of nitrogens with two attached hydrogens (primary N) is 1. The second-order valence-electron chi connectivity index (χ2n) is 4.45. The van der Waals surface area contributed by atoms with Crippen molar-refractivity contribution in [3.8, 4) is 0 Å². The van der Waals surface area contributed by atoms with Crippen molar-refractivity contribution in [2.75, 3.05) is 0 Å². The molecule has 0 saturated heterocycles. The summed E-state index contributed by atoms with van der Waals surface area (Å²) in [5.41, 5.74) is 9.63. The Labute approximate surface area is 125 Å². The number of benzene rings is 2. The quantitative estimate of drug-likeness (QED) is 0.705. The number of hydrogen-bond donors (Lipinski definition) is 1. The predicted molar refractivity (Wildman–Crippen MR) is 86.9 cm³/mol. The predicted octanol–water partition coefficient (Wildman–Crippen LogP) is 3.89. The molecule has 94 valence electrons. The van der Waals surface area contributed by atoms with Crippen molar-refractivity contribution in [3.63, 3.8) is 0 Å². The van der Waals surface area contributed by atoms with E-state index in [0.29, 0.717) is 0 Å². The minimum absolute atomic E-state index is 0.120. The zero-order valence-corrected chi connectivity index (χ0v) is 12.4. The molecule has 0 aliphatic heterocycles. The Balaban J connectivity index is 2.11. The van der Waals surface area contributed by atoms with E-state index in [9.17, 15) is 0 Å². The molecule has 0 fully saturated rings. The van der Waals surface area contributed by atoms with Crippen LogP contribution in [-0.2, 0) is 0 Å². The first-order valence-electron chi connectivity index (χ1n) is 6.10. The molecule has 0 saturated carbocycles. The van der Waals surface area contributed by atoms with Crippen LogP contribution < -0.4 is 5.73 Å². The SMILES string of the molecule is NC(c1ccc(I)cc1)c1cccc2ncccc12. The summed E-state index contributed by atoms with van der Waals surface area (Å²) in [5.74, 6) is 0. The maximum atomic E-state index is 6.40. The van der Waals surface area contributed by atoms with Gasteiger partial charge in [-0.3, -0.25) is 4.98 Å². The van der Waals surface area contributed by atoms with Gasteiger partial charge in [-0.2, -0.15) is 0 Å². The van der Waals surface area contributed by atoms with E-state index in [4.69, 9.17) is 5.73 Å². The van der Waals surface area contributed by atoms with E-state index in [1.54, 1.807) is 0 Å². The number of fused-ring (bicyclic) bond motifs is 1. The molecule has 19 heavy (non-hydrogen) atoms. The molecular weight excluding hydrogens is 347 g/mol. The van der Waals surface area contributed by atoms with Crippen LogP contribution in [0.3, 0.4) is 0 Å². The molecule has 3 heteroatoms. The molecule has 2 aromatic carbocycles. The fourth-order valence-electron chi connectivity index (χ4n) is 2.25. The number of halogens is 1. The summed E-state index contributed by atoms with van der Waals surface area (Å²) in [5, 5.41) is 1.12.